The van der Waals surface area contributed by atoms with Gasteiger partial charge in [-0.25, -0.2) is 4.79 Å². The van der Waals surface area contributed by atoms with Crippen LogP contribution in [0.5, 0.6) is 0 Å². The summed E-state index contributed by atoms with van der Waals surface area (Å²) in [6.07, 6.45) is 10.9. The molecule has 0 aromatic rings. The molecule has 1 heterocycles. The van der Waals surface area contributed by atoms with Crippen LogP contribution >= 0.6 is 0 Å². The fraction of sp³-hybridized carbons (Fsp3) is 0.955. The van der Waals surface area contributed by atoms with Crippen molar-refractivity contribution in [3.05, 3.63) is 0 Å². The minimum atomic E-state index is -0.160. The van der Waals surface area contributed by atoms with Crippen LogP contribution in [0.4, 0.5) is 4.79 Å². The fourth-order valence-corrected chi connectivity index (χ4v) is 5.23. The fourth-order valence-electron chi connectivity index (χ4n) is 5.23. The van der Waals surface area contributed by atoms with E-state index < -0.39 is 0 Å². The molecule has 7 heteroatoms. The van der Waals surface area contributed by atoms with Gasteiger partial charge in [-0.15, -0.1) is 0 Å². The molecular formula is C22H41N3O4. The summed E-state index contributed by atoms with van der Waals surface area (Å²) in [5.74, 6) is 1.01. The number of carbonyl (C=O) groups is 1. The van der Waals surface area contributed by atoms with E-state index in [1.807, 2.05) is 0 Å². The Morgan fingerprint density at radius 3 is 2.52 bits per heavy atom. The number of ether oxygens (including phenoxy) is 2. The molecular weight excluding hydrogens is 370 g/mol. The molecule has 4 atom stereocenters. The number of aliphatic hydroxyl groups excluding tert-OH is 1. The second-order valence-corrected chi connectivity index (χ2v) is 9.15. The van der Waals surface area contributed by atoms with Crippen LogP contribution in [0.3, 0.4) is 0 Å². The summed E-state index contributed by atoms with van der Waals surface area (Å²) >= 11 is 0. The summed E-state index contributed by atoms with van der Waals surface area (Å²) in [6.45, 7) is 2.93. The van der Waals surface area contributed by atoms with Crippen molar-refractivity contribution in [1.82, 2.24) is 16.0 Å². The van der Waals surface area contributed by atoms with E-state index in [1.54, 1.807) is 7.11 Å². The van der Waals surface area contributed by atoms with Crippen molar-refractivity contribution in [1.29, 1.82) is 0 Å². The number of rotatable bonds is 8. The number of methoxy groups -OCH3 is 1. The highest BCUT2D eigenvalue weighted by molar-refractivity contribution is 5.74. The smallest absolute Gasteiger partial charge is 0.315 e. The number of aliphatic hydroxyl groups is 1. The summed E-state index contributed by atoms with van der Waals surface area (Å²) in [5, 5.41) is 19.3. The van der Waals surface area contributed by atoms with Gasteiger partial charge in [-0.3, -0.25) is 0 Å². The van der Waals surface area contributed by atoms with Gasteiger partial charge in [0.15, 0.2) is 0 Å². The topological polar surface area (TPSA) is 91.9 Å². The maximum Gasteiger partial charge on any atom is 0.315 e. The molecule has 168 valence electrons. The zero-order chi connectivity index (χ0) is 20.5. The molecule has 3 rings (SSSR count). The molecule has 3 aliphatic rings. The van der Waals surface area contributed by atoms with Crippen LogP contribution in [0.15, 0.2) is 0 Å². The minimum absolute atomic E-state index is 0.0104. The van der Waals surface area contributed by atoms with Crippen LogP contribution in [0, 0.1) is 11.8 Å². The Hall–Kier alpha value is -0.890. The average molecular weight is 412 g/mol. The highest BCUT2D eigenvalue weighted by Gasteiger charge is 2.33. The standard InChI is InChI=1S/C22H41N3O4/c1-28-20-8-7-18(13-21(20)29-15-16-9-11-23-12-10-16)24-22(27)25-19(14-26)17-5-3-2-4-6-17/h16-21,23,26H,2-15H2,1H3,(H2,24,25,27)/t18?,19-,20?,21?/m0/s1. The predicted octanol–water partition coefficient (Wildman–Crippen LogP) is 2.18. The molecule has 0 radical (unpaired) electrons. The van der Waals surface area contributed by atoms with Gasteiger partial charge in [0.2, 0.25) is 0 Å². The quantitative estimate of drug-likeness (QED) is 0.491. The van der Waals surface area contributed by atoms with E-state index in [0.717, 1.165) is 64.6 Å². The number of piperidine rings is 1. The molecule has 1 aliphatic heterocycles. The van der Waals surface area contributed by atoms with Gasteiger partial charge in [-0.05, 0) is 69.9 Å². The lowest BCUT2D eigenvalue weighted by Crippen LogP contribution is -2.53. The van der Waals surface area contributed by atoms with Gasteiger partial charge in [0.1, 0.15) is 0 Å². The largest absolute Gasteiger partial charge is 0.394 e. The molecule has 1 saturated heterocycles. The van der Waals surface area contributed by atoms with Crippen molar-refractivity contribution >= 4 is 6.03 Å². The average Bonchev–Trinajstić information content (AvgIpc) is 2.77. The molecule has 0 bridgehead atoms. The minimum Gasteiger partial charge on any atom is -0.394 e. The van der Waals surface area contributed by atoms with Crippen LogP contribution in [0.1, 0.15) is 64.2 Å². The Morgan fingerprint density at radius 1 is 1.07 bits per heavy atom. The third kappa shape index (κ3) is 7.09. The van der Waals surface area contributed by atoms with Crippen LogP contribution < -0.4 is 16.0 Å². The van der Waals surface area contributed by atoms with Crippen molar-refractivity contribution in [2.75, 3.05) is 33.4 Å². The van der Waals surface area contributed by atoms with Crippen LogP contribution in [0.2, 0.25) is 0 Å². The van der Waals surface area contributed by atoms with E-state index in [4.69, 9.17) is 9.47 Å². The van der Waals surface area contributed by atoms with E-state index in [9.17, 15) is 9.90 Å². The van der Waals surface area contributed by atoms with E-state index >= 15 is 0 Å². The van der Waals surface area contributed by atoms with Crippen molar-refractivity contribution in [2.24, 2.45) is 11.8 Å². The molecule has 3 unspecified atom stereocenters. The maximum absolute atomic E-state index is 12.6. The van der Waals surface area contributed by atoms with Gasteiger partial charge in [0.05, 0.1) is 24.9 Å². The number of amides is 2. The lowest BCUT2D eigenvalue weighted by Gasteiger charge is -2.37. The lowest BCUT2D eigenvalue weighted by atomic mass is 9.84. The van der Waals surface area contributed by atoms with Gasteiger partial charge in [-0.2, -0.15) is 0 Å². The zero-order valence-electron chi connectivity index (χ0n) is 18.0. The second-order valence-electron chi connectivity index (χ2n) is 9.15. The molecule has 0 spiro atoms. The second kappa shape index (κ2) is 12.1. The summed E-state index contributed by atoms with van der Waals surface area (Å²) in [4.78, 5) is 12.6. The molecule has 0 aromatic carbocycles. The summed E-state index contributed by atoms with van der Waals surface area (Å²) in [5.41, 5.74) is 0. The Balaban J connectivity index is 1.44. The number of carbonyl (C=O) groups excluding carboxylic acids is 1. The van der Waals surface area contributed by atoms with Gasteiger partial charge in [0, 0.05) is 19.8 Å². The lowest BCUT2D eigenvalue weighted by molar-refractivity contribution is -0.0917. The number of hydrogen-bond donors (Lipinski definition) is 4. The summed E-state index contributed by atoms with van der Waals surface area (Å²) < 4.78 is 11.9. The highest BCUT2D eigenvalue weighted by atomic mass is 16.5. The third-order valence-corrected chi connectivity index (χ3v) is 7.11. The van der Waals surface area contributed by atoms with E-state index in [1.165, 1.54) is 19.3 Å². The Kier molecular flexibility index (Phi) is 9.49. The molecule has 2 amide bonds. The number of nitrogens with one attached hydrogen (secondary N) is 3. The molecule has 2 aliphatic carbocycles. The first kappa shape index (κ1) is 22.8. The van der Waals surface area contributed by atoms with Crippen LogP contribution in [-0.4, -0.2) is 68.8 Å². The first-order valence-corrected chi connectivity index (χ1v) is 11.7. The van der Waals surface area contributed by atoms with Crippen molar-refractivity contribution in [3.8, 4) is 0 Å². The van der Waals surface area contributed by atoms with Gasteiger partial charge >= 0.3 is 6.03 Å². The first-order valence-electron chi connectivity index (χ1n) is 11.7. The molecule has 7 nitrogen and oxygen atoms in total. The Labute approximate surface area is 175 Å². The summed E-state index contributed by atoms with van der Waals surface area (Å²) in [7, 11) is 1.75. The monoisotopic (exact) mass is 411 g/mol. The summed E-state index contributed by atoms with van der Waals surface area (Å²) in [6, 6.07) is -0.213. The molecule has 0 aromatic heterocycles. The predicted molar refractivity (Wildman–Crippen MR) is 113 cm³/mol. The van der Waals surface area contributed by atoms with Crippen LogP contribution in [0.25, 0.3) is 0 Å². The van der Waals surface area contributed by atoms with Crippen molar-refractivity contribution in [2.45, 2.75) is 88.5 Å². The van der Waals surface area contributed by atoms with E-state index in [2.05, 4.69) is 16.0 Å². The Morgan fingerprint density at radius 2 is 1.83 bits per heavy atom. The van der Waals surface area contributed by atoms with Gasteiger partial charge < -0.3 is 30.5 Å². The normalized spacial score (nSPS) is 30.6. The SMILES string of the molecule is COC1CCC(NC(=O)N[C@@H](CO)C2CCCCC2)CC1OCC1CCNCC1. The van der Waals surface area contributed by atoms with Crippen LogP contribution in [-0.2, 0) is 9.47 Å². The van der Waals surface area contributed by atoms with E-state index in [-0.39, 0.29) is 36.9 Å². The maximum atomic E-state index is 12.6. The Bertz CT molecular complexity index is 481. The first-order chi connectivity index (χ1) is 14.2. The third-order valence-electron chi connectivity index (χ3n) is 7.11. The zero-order valence-corrected chi connectivity index (χ0v) is 18.0. The number of urea groups is 1. The van der Waals surface area contributed by atoms with Gasteiger partial charge in [0.25, 0.3) is 0 Å². The molecule has 3 fully saturated rings. The van der Waals surface area contributed by atoms with Gasteiger partial charge in [-0.1, -0.05) is 19.3 Å². The van der Waals surface area contributed by atoms with Crippen molar-refractivity contribution in [3.63, 3.8) is 0 Å². The highest BCUT2D eigenvalue weighted by Crippen LogP contribution is 2.27. The molecule has 4 N–H and O–H groups in total. The number of hydrogen-bond acceptors (Lipinski definition) is 5. The van der Waals surface area contributed by atoms with E-state index in [0.29, 0.717) is 11.8 Å². The molecule has 29 heavy (non-hydrogen) atoms. The molecule has 2 saturated carbocycles. The van der Waals surface area contributed by atoms with Crippen molar-refractivity contribution < 1.29 is 19.4 Å².